The van der Waals surface area contributed by atoms with Crippen molar-refractivity contribution in [2.45, 2.75) is 0 Å². The lowest BCUT2D eigenvalue weighted by molar-refractivity contribution is -0.135. The minimum absolute atomic E-state index is 0.213. The lowest BCUT2D eigenvalue weighted by Gasteiger charge is -2.11. The van der Waals surface area contributed by atoms with E-state index in [0.29, 0.717) is 22.7 Å². The van der Waals surface area contributed by atoms with Crippen LogP contribution in [0, 0.1) is 0 Å². The zero-order valence-electron chi connectivity index (χ0n) is 14.2. The van der Waals surface area contributed by atoms with Crippen molar-refractivity contribution in [1.82, 2.24) is 4.90 Å². The Kier molecular flexibility index (Phi) is 4.43. The van der Waals surface area contributed by atoms with Gasteiger partial charge in [0.2, 0.25) is 0 Å². The van der Waals surface area contributed by atoms with Crippen LogP contribution in [0.2, 0.25) is 0 Å². The summed E-state index contributed by atoms with van der Waals surface area (Å²) in [6, 6.07) is 14.3. The quantitative estimate of drug-likeness (QED) is 0.849. The second-order valence-electron chi connectivity index (χ2n) is 5.48. The van der Waals surface area contributed by atoms with Crippen molar-refractivity contribution in [1.29, 1.82) is 0 Å². The number of benzene rings is 2. The van der Waals surface area contributed by atoms with E-state index < -0.39 is 5.91 Å². The predicted molar refractivity (Wildman–Crippen MR) is 94.3 cm³/mol. The van der Waals surface area contributed by atoms with Gasteiger partial charge in [0.15, 0.2) is 0 Å². The fourth-order valence-electron chi connectivity index (χ4n) is 2.70. The molecule has 0 aromatic heterocycles. The monoisotopic (exact) mass is 338 g/mol. The second-order valence-corrected chi connectivity index (χ2v) is 5.48. The summed E-state index contributed by atoms with van der Waals surface area (Å²) in [6.45, 7) is 0. The maximum atomic E-state index is 12.6. The molecule has 3 rings (SSSR count). The minimum Gasteiger partial charge on any atom is -0.497 e. The van der Waals surface area contributed by atoms with Crippen LogP contribution in [0.1, 0.15) is 5.56 Å². The first-order valence-corrected chi connectivity index (χ1v) is 7.68. The lowest BCUT2D eigenvalue weighted by atomic mass is 10.0. The number of hydrogen-bond donors (Lipinski definition) is 1. The van der Waals surface area contributed by atoms with E-state index in [4.69, 9.17) is 9.47 Å². The number of nitrogens with zero attached hydrogens (tertiary/aromatic N) is 1. The molecule has 1 N–H and O–H groups in total. The highest BCUT2D eigenvalue weighted by molar-refractivity contribution is 6.36. The van der Waals surface area contributed by atoms with Gasteiger partial charge in [0.25, 0.3) is 11.8 Å². The molecule has 0 spiro atoms. The SMILES string of the molecule is COc1cccc(NC2=C(c3ccccc3OC)C(=O)N(C)C2=O)c1. The Morgan fingerprint density at radius 1 is 0.920 bits per heavy atom. The molecule has 0 atom stereocenters. The zero-order chi connectivity index (χ0) is 18.0. The van der Waals surface area contributed by atoms with E-state index in [1.807, 2.05) is 6.07 Å². The summed E-state index contributed by atoms with van der Waals surface area (Å²) in [5.74, 6) is 0.405. The highest BCUT2D eigenvalue weighted by Crippen LogP contribution is 2.34. The van der Waals surface area contributed by atoms with Gasteiger partial charge in [-0.15, -0.1) is 0 Å². The van der Waals surface area contributed by atoms with Crippen LogP contribution in [0.25, 0.3) is 5.57 Å². The predicted octanol–water partition coefficient (Wildman–Crippen LogP) is 2.53. The number of carbonyl (C=O) groups is 2. The molecule has 0 radical (unpaired) electrons. The summed E-state index contributed by atoms with van der Waals surface area (Å²) in [7, 11) is 4.55. The molecular weight excluding hydrogens is 320 g/mol. The molecule has 2 aromatic carbocycles. The number of amides is 2. The molecule has 0 aliphatic carbocycles. The number of rotatable bonds is 5. The summed E-state index contributed by atoms with van der Waals surface area (Å²) in [5.41, 5.74) is 1.72. The maximum Gasteiger partial charge on any atom is 0.277 e. The number of methoxy groups -OCH3 is 2. The topological polar surface area (TPSA) is 67.9 Å². The van der Waals surface area contributed by atoms with Gasteiger partial charge in [0.05, 0.1) is 19.8 Å². The van der Waals surface area contributed by atoms with Crippen molar-refractivity contribution in [2.24, 2.45) is 0 Å². The fourth-order valence-corrected chi connectivity index (χ4v) is 2.70. The number of para-hydroxylation sites is 1. The van der Waals surface area contributed by atoms with Crippen molar-refractivity contribution in [3.8, 4) is 11.5 Å². The standard InChI is InChI=1S/C19H18N2O4/c1-21-18(22)16(14-9-4-5-10-15(14)25-3)17(19(21)23)20-12-7-6-8-13(11-12)24-2/h4-11,20H,1-3H3. The Bertz CT molecular complexity index is 873. The van der Waals surface area contributed by atoms with Gasteiger partial charge in [-0.2, -0.15) is 0 Å². The van der Waals surface area contributed by atoms with Gasteiger partial charge in [-0.25, -0.2) is 0 Å². The van der Waals surface area contributed by atoms with Gasteiger partial charge in [0, 0.05) is 24.4 Å². The second kappa shape index (κ2) is 6.68. The van der Waals surface area contributed by atoms with Gasteiger partial charge in [-0.1, -0.05) is 24.3 Å². The number of carbonyl (C=O) groups excluding carboxylic acids is 2. The number of anilines is 1. The van der Waals surface area contributed by atoms with Crippen molar-refractivity contribution in [2.75, 3.05) is 26.6 Å². The number of hydrogen-bond acceptors (Lipinski definition) is 5. The van der Waals surface area contributed by atoms with Gasteiger partial charge < -0.3 is 14.8 Å². The van der Waals surface area contributed by atoms with Crippen LogP contribution in [-0.4, -0.2) is 38.0 Å². The van der Waals surface area contributed by atoms with Crippen LogP contribution in [0.3, 0.4) is 0 Å². The molecule has 2 aromatic rings. The Balaban J connectivity index is 2.12. The van der Waals surface area contributed by atoms with Crippen molar-refractivity contribution < 1.29 is 19.1 Å². The van der Waals surface area contributed by atoms with Crippen LogP contribution in [0.15, 0.2) is 54.2 Å². The van der Waals surface area contributed by atoms with Crippen LogP contribution in [0.5, 0.6) is 11.5 Å². The number of nitrogens with one attached hydrogen (secondary N) is 1. The summed E-state index contributed by atoms with van der Waals surface area (Å²) >= 11 is 0. The lowest BCUT2D eigenvalue weighted by Crippen LogP contribution is -2.27. The molecule has 0 bridgehead atoms. The first kappa shape index (κ1) is 16.6. The van der Waals surface area contributed by atoms with Crippen molar-refractivity contribution in [3.63, 3.8) is 0 Å². The van der Waals surface area contributed by atoms with E-state index in [2.05, 4.69) is 5.32 Å². The van der Waals surface area contributed by atoms with E-state index >= 15 is 0 Å². The van der Waals surface area contributed by atoms with Crippen molar-refractivity contribution >= 4 is 23.1 Å². The molecule has 0 saturated carbocycles. The molecule has 6 heteroatoms. The van der Waals surface area contributed by atoms with E-state index in [0.717, 1.165) is 4.90 Å². The van der Waals surface area contributed by atoms with Crippen molar-refractivity contribution in [3.05, 3.63) is 59.8 Å². The number of likely N-dealkylation sites (N-methyl/N-ethyl adjacent to an activating group) is 1. The molecule has 0 unspecified atom stereocenters. The van der Waals surface area contributed by atoms with Crippen LogP contribution >= 0.6 is 0 Å². The third-order valence-corrected chi connectivity index (χ3v) is 4.00. The van der Waals surface area contributed by atoms with Gasteiger partial charge >= 0.3 is 0 Å². The molecule has 0 fully saturated rings. The van der Waals surface area contributed by atoms with Crippen LogP contribution in [-0.2, 0) is 9.59 Å². The summed E-state index contributed by atoms with van der Waals surface area (Å²) in [6.07, 6.45) is 0. The van der Waals surface area contributed by atoms with E-state index in [1.165, 1.54) is 14.2 Å². The molecule has 6 nitrogen and oxygen atoms in total. The fraction of sp³-hybridized carbons (Fsp3) is 0.158. The normalized spacial score (nSPS) is 14.1. The minimum atomic E-state index is -0.395. The molecule has 1 heterocycles. The first-order chi connectivity index (χ1) is 12.1. The van der Waals surface area contributed by atoms with Gasteiger partial charge in [0.1, 0.15) is 17.2 Å². The number of ether oxygens (including phenoxy) is 2. The summed E-state index contributed by atoms with van der Waals surface area (Å²) in [5, 5.41) is 3.06. The smallest absolute Gasteiger partial charge is 0.277 e. The Hall–Kier alpha value is -3.28. The Morgan fingerprint density at radius 3 is 2.40 bits per heavy atom. The molecule has 0 saturated heterocycles. The molecular formula is C19H18N2O4. The first-order valence-electron chi connectivity index (χ1n) is 7.68. The van der Waals surface area contributed by atoms with E-state index in [-0.39, 0.29) is 17.2 Å². The Morgan fingerprint density at radius 2 is 1.68 bits per heavy atom. The average molecular weight is 338 g/mol. The van der Waals surface area contributed by atoms with Crippen LogP contribution in [0.4, 0.5) is 5.69 Å². The molecule has 1 aliphatic rings. The highest BCUT2D eigenvalue weighted by Gasteiger charge is 2.37. The largest absolute Gasteiger partial charge is 0.497 e. The maximum absolute atomic E-state index is 12.6. The zero-order valence-corrected chi connectivity index (χ0v) is 14.2. The number of imide groups is 1. The Labute approximate surface area is 145 Å². The molecule has 1 aliphatic heterocycles. The molecule has 128 valence electrons. The summed E-state index contributed by atoms with van der Waals surface area (Å²) < 4.78 is 10.5. The van der Waals surface area contributed by atoms with Gasteiger partial charge in [-0.3, -0.25) is 14.5 Å². The molecule has 2 amide bonds. The van der Waals surface area contributed by atoms with Gasteiger partial charge in [-0.05, 0) is 18.2 Å². The average Bonchev–Trinajstić information content (AvgIpc) is 2.85. The molecule has 25 heavy (non-hydrogen) atoms. The van der Waals surface area contributed by atoms with Crippen LogP contribution < -0.4 is 14.8 Å². The van der Waals surface area contributed by atoms with E-state index in [9.17, 15) is 9.59 Å². The third kappa shape index (κ3) is 2.94. The highest BCUT2D eigenvalue weighted by atomic mass is 16.5. The third-order valence-electron chi connectivity index (χ3n) is 4.00. The van der Waals surface area contributed by atoms with E-state index in [1.54, 1.807) is 49.6 Å². The summed E-state index contributed by atoms with van der Waals surface area (Å²) in [4.78, 5) is 26.3.